The molecule has 0 aliphatic carbocycles. The van der Waals surface area contributed by atoms with Gasteiger partial charge >= 0.3 is 0 Å². The first-order chi connectivity index (χ1) is 14.2. The zero-order valence-electron chi connectivity index (χ0n) is 17.2. The van der Waals surface area contributed by atoms with Crippen molar-refractivity contribution in [1.29, 1.82) is 0 Å². The lowest BCUT2D eigenvalue weighted by Crippen LogP contribution is -2.46. The van der Waals surface area contributed by atoms with Crippen LogP contribution in [0.1, 0.15) is 37.7 Å². The topological polar surface area (TPSA) is 52.9 Å². The van der Waals surface area contributed by atoms with Crippen molar-refractivity contribution in [2.75, 3.05) is 26.3 Å². The van der Waals surface area contributed by atoms with Crippen LogP contribution < -0.4 is 5.30 Å². The molecule has 3 atom stereocenters. The third kappa shape index (κ3) is 7.16. The first-order valence-electron chi connectivity index (χ1n) is 10.7. The predicted octanol–water partition coefficient (Wildman–Crippen LogP) is 3.36. The Morgan fingerprint density at radius 2 is 1.86 bits per heavy atom. The highest BCUT2D eigenvalue weighted by molar-refractivity contribution is 7.27. The summed E-state index contributed by atoms with van der Waals surface area (Å²) in [5, 5.41) is 20.4. The van der Waals surface area contributed by atoms with Crippen molar-refractivity contribution in [2.45, 2.75) is 50.9 Å². The number of rotatable bonds is 10. The number of benzene rings is 2. The van der Waals surface area contributed by atoms with Crippen molar-refractivity contribution >= 4 is 14.5 Å². The Labute approximate surface area is 177 Å². The van der Waals surface area contributed by atoms with Gasteiger partial charge in [0, 0.05) is 19.2 Å². The van der Waals surface area contributed by atoms with Gasteiger partial charge in [-0.1, -0.05) is 42.5 Å². The van der Waals surface area contributed by atoms with Gasteiger partial charge in [0.15, 0.2) is 0 Å². The summed E-state index contributed by atoms with van der Waals surface area (Å²) in [4.78, 5) is 2.32. The third-order valence-corrected chi connectivity index (χ3v) is 6.06. The van der Waals surface area contributed by atoms with E-state index in [9.17, 15) is 10.2 Å². The zero-order chi connectivity index (χ0) is 20.5. The molecule has 1 aliphatic heterocycles. The van der Waals surface area contributed by atoms with E-state index in [0.717, 1.165) is 45.4 Å². The van der Waals surface area contributed by atoms with Crippen molar-refractivity contribution in [3.05, 3.63) is 54.1 Å². The van der Waals surface area contributed by atoms with Crippen LogP contribution in [0.15, 0.2) is 48.5 Å². The van der Waals surface area contributed by atoms with Gasteiger partial charge in [0.1, 0.15) is 0 Å². The van der Waals surface area contributed by atoms with Crippen LogP contribution in [0.25, 0.3) is 11.1 Å². The minimum atomic E-state index is -0.248. The summed E-state index contributed by atoms with van der Waals surface area (Å²) in [5.41, 5.74) is 3.66. The molecule has 3 rings (SSSR count). The molecule has 4 nitrogen and oxygen atoms in total. The predicted molar refractivity (Wildman–Crippen MR) is 122 cm³/mol. The van der Waals surface area contributed by atoms with Crippen LogP contribution in [0.5, 0.6) is 0 Å². The molecule has 0 bridgehead atoms. The Balaban J connectivity index is 1.30. The summed E-state index contributed by atoms with van der Waals surface area (Å²) in [7, 11) is 2.74. The first kappa shape index (κ1) is 22.4. The molecule has 2 N–H and O–H groups in total. The van der Waals surface area contributed by atoms with E-state index in [4.69, 9.17) is 4.74 Å². The molecule has 29 heavy (non-hydrogen) atoms. The molecule has 3 unspecified atom stereocenters. The summed E-state index contributed by atoms with van der Waals surface area (Å²) >= 11 is 0. The first-order valence-corrected chi connectivity index (χ1v) is 11.3. The van der Waals surface area contributed by atoms with Crippen molar-refractivity contribution in [1.82, 2.24) is 4.90 Å². The van der Waals surface area contributed by atoms with Crippen LogP contribution in [0.4, 0.5) is 0 Å². The molecule has 158 valence electrons. The molecule has 0 radical (unpaired) electrons. The maximum absolute atomic E-state index is 9.72. The van der Waals surface area contributed by atoms with Crippen LogP contribution in [0, 0.1) is 0 Å². The van der Waals surface area contributed by atoms with Crippen molar-refractivity contribution in [2.24, 2.45) is 0 Å². The standard InChI is InChI=1S/C24H34NO3P/c26-17-22-16-23(27)11-13-25(22)12-2-1-3-14-28-18-19-7-9-20(10-8-19)21-5-4-6-24(29)15-21/h4-10,15,22-23,26-27H,1-3,11-14,16-18,29H2. The number of nitrogens with zero attached hydrogens (tertiary/aromatic N) is 1. The third-order valence-electron chi connectivity index (χ3n) is 5.70. The fraction of sp³-hybridized carbons (Fsp3) is 0.500. The summed E-state index contributed by atoms with van der Waals surface area (Å²) in [6.45, 7) is 3.46. The molecule has 1 saturated heterocycles. The number of hydrogen-bond donors (Lipinski definition) is 2. The van der Waals surface area contributed by atoms with Gasteiger partial charge in [-0.25, -0.2) is 0 Å². The molecule has 0 amide bonds. The molecule has 1 fully saturated rings. The summed E-state index contributed by atoms with van der Waals surface area (Å²) in [6, 6.07) is 17.2. The molecule has 1 aliphatic rings. The second-order valence-corrected chi connectivity index (χ2v) is 8.65. The Hall–Kier alpha value is -1.29. The quantitative estimate of drug-likeness (QED) is 0.462. The van der Waals surface area contributed by atoms with Gasteiger partial charge in [-0.15, -0.1) is 9.24 Å². The fourth-order valence-electron chi connectivity index (χ4n) is 3.96. The second kappa shape index (κ2) is 11.8. The van der Waals surface area contributed by atoms with Crippen LogP contribution in [-0.4, -0.2) is 53.6 Å². The highest BCUT2D eigenvalue weighted by Crippen LogP contribution is 2.20. The maximum Gasteiger partial charge on any atom is 0.0716 e. The number of piperidine rings is 1. The van der Waals surface area contributed by atoms with E-state index in [-0.39, 0.29) is 18.8 Å². The Kier molecular flexibility index (Phi) is 9.10. The SMILES string of the molecule is OCC1CC(O)CCN1CCCCCOCc1ccc(-c2cccc(P)c2)cc1. The summed E-state index contributed by atoms with van der Waals surface area (Å²) in [6.07, 6.45) is 4.56. The highest BCUT2D eigenvalue weighted by Gasteiger charge is 2.26. The van der Waals surface area contributed by atoms with E-state index in [1.54, 1.807) is 0 Å². The van der Waals surface area contributed by atoms with Gasteiger partial charge in [0.2, 0.25) is 0 Å². The van der Waals surface area contributed by atoms with Gasteiger partial charge in [-0.2, -0.15) is 0 Å². The van der Waals surface area contributed by atoms with Crippen LogP contribution >= 0.6 is 9.24 Å². The van der Waals surface area contributed by atoms with E-state index in [0.29, 0.717) is 13.0 Å². The van der Waals surface area contributed by atoms with Gasteiger partial charge in [-0.05, 0) is 66.7 Å². The van der Waals surface area contributed by atoms with Gasteiger partial charge in [-0.3, -0.25) is 4.90 Å². The minimum Gasteiger partial charge on any atom is -0.395 e. The lowest BCUT2D eigenvalue weighted by Gasteiger charge is -2.36. The molecular formula is C24H34NO3P. The van der Waals surface area contributed by atoms with Gasteiger partial charge in [0.05, 0.1) is 19.3 Å². The Morgan fingerprint density at radius 3 is 2.62 bits per heavy atom. The number of aliphatic hydroxyl groups is 2. The number of likely N-dealkylation sites (tertiary alicyclic amines) is 1. The number of ether oxygens (including phenoxy) is 1. The van der Waals surface area contributed by atoms with E-state index in [1.807, 2.05) is 0 Å². The van der Waals surface area contributed by atoms with E-state index >= 15 is 0 Å². The number of unbranched alkanes of at least 4 members (excludes halogenated alkanes) is 2. The zero-order valence-corrected chi connectivity index (χ0v) is 18.3. The van der Waals surface area contributed by atoms with E-state index in [1.165, 1.54) is 22.0 Å². The van der Waals surface area contributed by atoms with Gasteiger partial charge in [0.25, 0.3) is 0 Å². The number of aliphatic hydroxyl groups excluding tert-OH is 2. The molecule has 0 saturated carbocycles. The molecule has 1 heterocycles. The second-order valence-electron chi connectivity index (χ2n) is 7.99. The molecule has 2 aromatic carbocycles. The fourth-order valence-corrected chi connectivity index (χ4v) is 4.25. The lowest BCUT2D eigenvalue weighted by molar-refractivity contribution is 0.0160. The summed E-state index contributed by atoms with van der Waals surface area (Å²) in [5.74, 6) is 0. The van der Waals surface area contributed by atoms with Crippen LogP contribution in [-0.2, 0) is 11.3 Å². The Bertz CT molecular complexity index is 737. The monoisotopic (exact) mass is 415 g/mol. The lowest BCUT2D eigenvalue weighted by atomic mass is 9.99. The minimum absolute atomic E-state index is 0.122. The average molecular weight is 416 g/mol. The van der Waals surface area contributed by atoms with Crippen molar-refractivity contribution in [3.63, 3.8) is 0 Å². The normalized spacial score (nSPS) is 20.1. The largest absolute Gasteiger partial charge is 0.395 e. The summed E-state index contributed by atoms with van der Waals surface area (Å²) < 4.78 is 5.84. The van der Waals surface area contributed by atoms with Gasteiger partial charge < -0.3 is 14.9 Å². The van der Waals surface area contributed by atoms with Crippen molar-refractivity contribution in [3.8, 4) is 11.1 Å². The average Bonchev–Trinajstić information content (AvgIpc) is 2.74. The van der Waals surface area contributed by atoms with E-state index < -0.39 is 0 Å². The van der Waals surface area contributed by atoms with Crippen LogP contribution in [0.2, 0.25) is 0 Å². The molecule has 0 aromatic heterocycles. The molecule has 0 spiro atoms. The van der Waals surface area contributed by atoms with Crippen molar-refractivity contribution < 1.29 is 14.9 Å². The molecular weight excluding hydrogens is 381 g/mol. The van der Waals surface area contributed by atoms with E-state index in [2.05, 4.69) is 62.7 Å². The number of hydrogen-bond acceptors (Lipinski definition) is 4. The maximum atomic E-state index is 9.72. The highest BCUT2D eigenvalue weighted by atomic mass is 31.0. The van der Waals surface area contributed by atoms with Crippen LogP contribution in [0.3, 0.4) is 0 Å². The molecule has 2 aromatic rings. The molecule has 5 heteroatoms. The Morgan fingerprint density at radius 1 is 1.03 bits per heavy atom. The smallest absolute Gasteiger partial charge is 0.0716 e.